The molecule has 1 aliphatic heterocycles. The van der Waals surface area contributed by atoms with Crippen LogP contribution in [0.15, 0.2) is 53.4 Å². The number of non-ortho nitro benzene ring substituents is 1. The van der Waals surface area contributed by atoms with Gasteiger partial charge in [-0.3, -0.25) is 25.1 Å². The molecule has 2 N–H and O–H groups in total. The number of nitro groups is 1. The first-order chi connectivity index (χ1) is 13.8. The average Bonchev–Trinajstić information content (AvgIpc) is 2.95. The van der Waals surface area contributed by atoms with E-state index < -0.39 is 22.7 Å². The molecule has 0 aliphatic carbocycles. The maximum atomic E-state index is 12.6. The summed E-state index contributed by atoms with van der Waals surface area (Å²) in [5.74, 6) is -2.43. The fourth-order valence-corrected chi connectivity index (χ4v) is 3.59. The molecule has 1 aliphatic rings. The van der Waals surface area contributed by atoms with E-state index >= 15 is 0 Å². The SMILES string of the molecule is O=C(NN1C(=O)/C(=C\c2ccccc2C(=O)O)SC1=S)c1ccc([N+](=O)[O-])cc1. The number of thioether (sulfide) groups is 1. The molecule has 0 aromatic heterocycles. The summed E-state index contributed by atoms with van der Waals surface area (Å²) in [6.45, 7) is 0. The van der Waals surface area contributed by atoms with Crippen molar-refractivity contribution in [3.63, 3.8) is 0 Å². The molecule has 11 heteroatoms. The van der Waals surface area contributed by atoms with Crippen LogP contribution in [0.4, 0.5) is 5.69 Å². The van der Waals surface area contributed by atoms with Crippen molar-refractivity contribution in [1.82, 2.24) is 10.4 Å². The van der Waals surface area contributed by atoms with E-state index in [0.29, 0.717) is 5.56 Å². The second-order valence-corrected chi connectivity index (χ2v) is 7.33. The minimum absolute atomic E-state index is 0.0210. The minimum Gasteiger partial charge on any atom is -0.478 e. The summed E-state index contributed by atoms with van der Waals surface area (Å²) in [7, 11) is 0. The highest BCUT2D eigenvalue weighted by atomic mass is 32.2. The summed E-state index contributed by atoms with van der Waals surface area (Å²) in [4.78, 5) is 46.5. The van der Waals surface area contributed by atoms with Crippen molar-refractivity contribution in [3.05, 3.63) is 80.2 Å². The van der Waals surface area contributed by atoms with Crippen LogP contribution in [0.1, 0.15) is 26.3 Å². The quantitative estimate of drug-likeness (QED) is 0.321. The Morgan fingerprint density at radius 2 is 1.83 bits per heavy atom. The number of hydrogen-bond donors (Lipinski definition) is 2. The molecule has 0 spiro atoms. The smallest absolute Gasteiger partial charge is 0.336 e. The lowest BCUT2D eigenvalue weighted by molar-refractivity contribution is -0.384. The fraction of sp³-hybridized carbons (Fsp3) is 0. The van der Waals surface area contributed by atoms with E-state index in [1.54, 1.807) is 18.2 Å². The molecule has 1 fully saturated rings. The van der Waals surface area contributed by atoms with E-state index in [2.05, 4.69) is 5.43 Å². The zero-order valence-electron chi connectivity index (χ0n) is 14.4. The molecule has 1 heterocycles. The van der Waals surface area contributed by atoms with Crippen LogP contribution in [0, 0.1) is 10.1 Å². The van der Waals surface area contributed by atoms with Crippen LogP contribution >= 0.6 is 24.0 Å². The number of hydrazine groups is 1. The number of carbonyl (C=O) groups is 3. The van der Waals surface area contributed by atoms with Crippen LogP contribution in [0.2, 0.25) is 0 Å². The predicted octanol–water partition coefficient (Wildman–Crippen LogP) is 2.84. The molecule has 0 bridgehead atoms. The third-order valence-corrected chi connectivity index (χ3v) is 5.13. The Labute approximate surface area is 173 Å². The van der Waals surface area contributed by atoms with Gasteiger partial charge in [0.15, 0.2) is 4.32 Å². The number of rotatable bonds is 5. The maximum absolute atomic E-state index is 12.6. The maximum Gasteiger partial charge on any atom is 0.336 e. The molecule has 0 saturated carbocycles. The average molecular weight is 429 g/mol. The number of thiocarbonyl (C=S) groups is 1. The number of amides is 2. The third-order valence-electron chi connectivity index (χ3n) is 3.83. The molecule has 29 heavy (non-hydrogen) atoms. The monoisotopic (exact) mass is 429 g/mol. The molecule has 2 amide bonds. The Bertz CT molecular complexity index is 1080. The van der Waals surface area contributed by atoms with Crippen molar-refractivity contribution < 1.29 is 24.4 Å². The van der Waals surface area contributed by atoms with Gasteiger partial charge in [-0.25, -0.2) is 4.79 Å². The van der Waals surface area contributed by atoms with Crippen molar-refractivity contribution >= 4 is 57.8 Å². The van der Waals surface area contributed by atoms with Gasteiger partial charge in [-0.2, -0.15) is 5.01 Å². The van der Waals surface area contributed by atoms with Crippen LogP contribution < -0.4 is 5.43 Å². The summed E-state index contributed by atoms with van der Waals surface area (Å²) in [6.07, 6.45) is 1.39. The molecule has 146 valence electrons. The highest BCUT2D eigenvalue weighted by molar-refractivity contribution is 8.26. The first-order valence-electron chi connectivity index (χ1n) is 7.93. The molecule has 3 rings (SSSR count). The number of carbonyl (C=O) groups excluding carboxylic acids is 2. The number of nitrogens with zero attached hydrogens (tertiary/aromatic N) is 2. The van der Waals surface area contributed by atoms with Crippen LogP contribution in [0.5, 0.6) is 0 Å². The van der Waals surface area contributed by atoms with E-state index in [-0.39, 0.29) is 26.0 Å². The summed E-state index contributed by atoms with van der Waals surface area (Å²) in [6, 6.07) is 11.0. The van der Waals surface area contributed by atoms with Crippen molar-refractivity contribution in [3.8, 4) is 0 Å². The molecule has 9 nitrogen and oxygen atoms in total. The minimum atomic E-state index is -1.14. The summed E-state index contributed by atoms with van der Waals surface area (Å²) >= 11 is 6.04. The molecule has 1 saturated heterocycles. The summed E-state index contributed by atoms with van der Waals surface area (Å²) in [5, 5.41) is 20.8. The first kappa shape index (κ1) is 20.2. The Balaban J connectivity index is 1.80. The number of carboxylic acid groups (broad SMARTS) is 1. The largest absolute Gasteiger partial charge is 0.478 e. The Hall–Kier alpha value is -3.57. The number of carboxylic acids is 1. The van der Waals surface area contributed by atoms with Gasteiger partial charge in [0.1, 0.15) is 0 Å². The first-order valence-corrected chi connectivity index (χ1v) is 9.16. The third kappa shape index (κ3) is 4.31. The van der Waals surface area contributed by atoms with Gasteiger partial charge in [-0.15, -0.1) is 0 Å². The number of hydrogen-bond acceptors (Lipinski definition) is 7. The standard InChI is InChI=1S/C18H11N3O6S2/c22-15(10-5-7-12(8-6-10)21(26)27)19-20-16(23)14(29-18(20)28)9-11-3-1-2-4-13(11)17(24)25/h1-9H,(H,19,22)(H,24,25)/b14-9+. The van der Waals surface area contributed by atoms with Gasteiger partial charge < -0.3 is 5.11 Å². The van der Waals surface area contributed by atoms with E-state index in [0.717, 1.165) is 16.8 Å². The van der Waals surface area contributed by atoms with Gasteiger partial charge in [0.25, 0.3) is 17.5 Å². The van der Waals surface area contributed by atoms with Crippen molar-refractivity contribution in [2.24, 2.45) is 0 Å². The molecular formula is C18H11N3O6S2. The normalized spacial score (nSPS) is 14.9. The molecule has 0 atom stereocenters. The predicted molar refractivity (Wildman–Crippen MR) is 109 cm³/mol. The number of benzene rings is 2. The lowest BCUT2D eigenvalue weighted by Crippen LogP contribution is -2.44. The van der Waals surface area contributed by atoms with Crippen LogP contribution in [0.3, 0.4) is 0 Å². The van der Waals surface area contributed by atoms with Crippen molar-refractivity contribution in [1.29, 1.82) is 0 Å². The van der Waals surface area contributed by atoms with Crippen molar-refractivity contribution in [2.75, 3.05) is 0 Å². The molecule has 0 radical (unpaired) electrons. The van der Waals surface area contributed by atoms with Gasteiger partial charge >= 0.3 is 5.97 Å². The fourth-order valence-electron chi connectivity index (χ4n) is 2.42. The summed E-state index contributed by atoms with van der Waals surface area (Å²) in [5.41, 5.74) is 2.62. The molecular weight excluding hydrogens is 418 g/mol. The second-order valence-electron chi connectivity index (χ2n) is 5.65. The number of aromatic carboxylic acids is 1. The highest BCUT2D eigenvalue weighted by Gasteiger charge is 2.34. The van der Waals surface area contributed by atoms with E-state index in [1.165, 1.54) is 36.4 Å². The van der Waals surface area contributed by atoms with Crippen molar-refractivity contribution in [2.45, 2.75) is 0 Å². The van der Waals surface area contributed by atoms with Crippen LogP contribution in [-0.2, 0) is 4.79 Å². The highest BCUT2D eigenvalue weighted by Crippen LogP contribution is 2.32. The van der Waals surface area contributed by atoms with Gasteiger partial charge in [0.2, 0.25) is 0 Å². The topological polar surface area (TPSA) is 130 Å². The van der Waals surface area contributed by atoms with Gasteiger partial charge in [-0.1, -0.05) is 30.0 Å². The Kier molecular flexibility index (Phi) is 5.71. The van der Waals surface area contributed by atoms with E-state index in [9.17, 15) is 29.6 Å². The lowest BCUT2D eigenvalue weighted by atomic mass is 10.1. The second kappa shape index (κ2) is 8.20. The van der Waals surface area contributed by atoms with Gasteiger partial charge in [-0.05, 0) is 42.1 Å². The number of nitro benzene ring substituents is 1. The zero-order valence-corrected chi connectivity index (χ0v) is 16.0. The zero-order chi connectivity index (χ0) is 21.1. The lowest BCUT2D eigenvalue weighted by Gasteiger charge is -2.15. The Morgan fingerprint density at radius 3 is 2.45 bits per heavy atom. The summed E-state index contributed by atoms with van der Waals surface area (Å²) < 4.78 is 0.0596. The molecule has 2 aromatic rings. The van der Waals surface area contributed by atoms with E-state index in [4.69, 9.17) is 12.2 Å². The van der Waals surface area contributed by atoms with Crippen LogP contribution in [0.25, 0.3) is 6.08 Å². The number of nitrogens with one attached hydrogen (secondary N) is 1. The molecule has 0 unspecified atom stereocenters. The molecule has 2 aromatic carbocycles. The van der Waals surface area contributed by atoms with E-state index in [1.807, 2.05) is 0 Å². The van der Waals surface area contributed by atoms with Gasteiger partial charge in [0.05, 0.1) is 15.4 Å². The van der Waals surface area contributed by atoms with Crippen LogP contribution in [-0.4, -0.2) is 37.1 Å². The Morgan fingerprint density at radius 1 is 1.17 bits per heavy atom. The van der Waals surface area contributed by atoms with Gasteiger partial charge in [0, 0.05) is 17.7 Å².